The largest absolute Gasteiger partial charge is 0.380 e. The number of amides is 1. The highest BCUT2D eigenvalue weighted by molar-refractivity contribution is 7.99. The first-order valence-corrected chi connectivity index (χ1v) is 5.66. The molecule has 1 aliphatic rings. The molecule has 1 fully saturated rings. The Bertz CT molecular complexity index is 160. The molecule has 0 unspecified atom stereocenters. The number of carbonyl (C=O) groups excluding carboxylic acids is 1. The molecule has 1 heterocycles. The van der Waals surface area contributed by atoms with Crippen LogP contribution in [0.5, 0.6) is 0 Å². The van der Waals surface area contributed by atoms with Crippen molar-refractivity contribution in [1.29, 1.82) is 0 Å². The molecule has 76 valence electrons. The minimum atomic E-state index is -0.00775. The van der Waals surface area contributed by atoms with Gasteiger partial charge in [-0.2, -0.15) is 0 Å². The van der Waals surface area contributed by atoms with E-state index in [4.69, 9.17) is 4.74 Å². The smallest absolute Gasteiger partial charge is 0.238 e. The molecule has 1 amide bonds. The van der Waals surface area contributed by atoms with Crippen LogP contribution in [0.2, 0.25) is 0 Å². The summed E-state index contributed by atoms with van der Waals surface area (Å²) >= 11 is 1.75. The summed E-state index contributed by atoms with van der Waals surface area (Å²) in [5.41, 5.74) is 0. The van der Waals surface area contributed by atoms with Crippen molar-refractivity contribution < 1.29 is 9.53 Å². The molecule has 0 saturated carbocycles. The number of hydrogen-bond donors (Lipinski definition) is 2. The Labute approximate surface area is 82.8 Å². The fraction of sp³-hybridized carbons (Fsp3) is 0.875. The standard InChI is InChI=1S/C8H16N2O2S/c1-2-12-4-3-9-8(11)7-5-13-6-10-7/h7,10H,2-6H2,1H3,(H,9,11)/t7-/m1/s1. The van der Waals surface area contributed by atoms with Crippen molar-refractivity contribution >= 4 is 17.7 Å². The van der Waals surface area contributed by atoms with Gasteiger partial charge in [-0.3, -0.25) is 10.1 Å². The Morgan fingerprint density at radius 2 is 2.62 bits per heavy atom. The topological polar surface area (TPSA) is 50.4 Å². The molecule has 0 spiro atoms. The molecular weight excluding hydrogens is 188 g/mol. The van der Waals surface area contributed by atoms with E-state index in [-0.39, 0.29) is 11.9 Å². The SMILES string of the molecule is CCOCCNC(=O)[C@H]1CSCN1. The number of ether oxygens (including phenoxy) is 1. The van der Waals surface area contributed by atoms with Crippen molar-refractivity contribution in [2.45, 2.75) is 13.0 Å². The Hall–Kier alpha value is -0.260. The molecule has 1 atom stereocenters. The number of hydrogen-bond acceptors (Lipinski definition) is 4. The van der Waals surface area contributed by atoms with Crippen LogP contribution in [-0.2, 0) is 9.53 Å². The number of thioether (sulfide) groups is 1. The second kappa shape index (κ2) is 6.23. The Morgan fingerprint density at radius 3 is 3.23 bits per heavy atom. The van der Waals surface area contributed by atoms with Crippen molar-refractivity contribution in [1.82, 2.24) is 10.6 Å². The lowest BCUT2D eigenvalue weighted by Gasteiger charge is -2.09. The summed E-state index contributed by atoms with van der Waals surface area (Å²) in [5.74, 6) is 1.84. The average molecular weight is 204 g/mol. The van der Waals surface area contributed by atoms with Gasteiger partial charge in [-0.15, -0.1) is 11.8 Å². The van der Waals surface area contributed by atoms with Crippen LogP contribution < -0.4 is 10.6 Å². The van der Waals surface area contributed by atoms with E-state index in [1.165, 1.54) is 0 Å². The average Bonchev–Trinajstić information content (AvgIpc) is 2.65. The molecule has 0 radical (unpaired) electrons. The third-order valence-corrected chi connectivity index (χ3v) is 2.72. The van der Waals surface area contributed by atoms with E-state index >= 15 is 0 Å². The summed E-state index contributed by atoms with van der Waals surface area (Å²) < 4.78 is 5.11. The molecule has 0 aliphatic carbocycles. The minimum absolute atomic E-state index is 0.00775. The number of nitrogens with one attached hydrogen (secondary N) is 2. The predicted octanol–water partition coefficient (Wildman–Crippen LogP) is -0.198. The first kappa shape index (κ1) is 10.8. The van der Waals surface area contributed by atoms with Gasteiger partial charge in [0.25, 0.3) is 0 Å². The van der Waals surface area contributed by atoms with Gasteiger partial charge in [0.15, 0.2) is 0 Å². The molecule has 0 aromatic heterocycles. The van der Waals surface area contributed by atoms with Gasteiger partial charge in [0.1, 0.15) is 0 Å². The molecular formula is C8H16N2O2S. The minimum Gasteiger partial charge on any atom is -0.380 e. The van der Waals surface area contributed by atoms with E-state index in [1.807, 2.05) is 6.92 Å². The van der Waals surface area contributed by atoms with E-state index in [2.05, 4.69) is 10.6 Å². The lowest BCUT2D eigenvalue weighted by atomic mass is 10.3. The first-order chi connectivity index (χ1) is 6.34. The van der Waals surface area contributed by atoms with Crippen LogP contribution in [0.3, 0.4) is 0 Å². The van der Waals surface area contributed by atoms with Gasteiger partial charge >= 0.3 is 0 Å². The molecule has 5 heteroatoms. The zero-order chi connectivity index (χ0) is 9.52. The summed E-state index contributed by atoms with van der Waals surface area (Å²) in [7, 11) is 0. The molecule has 0 aromatic carbocycles. The molecule has 1 aliphatic heterocycles. The maximum absolute atomic E-state index is 11.4. The van der Waals surface area contributed by atoms with Crippen molar-refractivity contribution in [2.24, 2.45) is 0 Å². The van der Waals surface area contributed by atoms with Gasteiger partial charge in [0, 0.05) is 24.8 Å². The molecule has 13 heavy (non-hydrogen) atoms. The first-order valence-electron chi connectivity index (χ1n) is 4.51. The Kier molecular flexibility index (Phi) is 5.19. The summed E-state index contributed by atoms with van der Waals surface area (Å²) in [6, 6.07) is -0.00775. The van der Waals surface area contributed by atoms with E-state index in [1.54, 1.807) is 11.8 Å². The molecule has 2 N–H and O–H groups in total. The highest BCUT2D eigenvalue weighted by Gasteiger charge is 2.21. The van der Waals surface area contributed by atoms with Crippen LogP contribution >= 0.6 is 11.8 Å². The van der Waals surface area contributed by atoms with E-state index in [0.717, 1.165) is 11.6 Å². The highest BCUT2D eigenvalue weighted by Crippen LogP contribution is 2.08. The van der Waals surface area contributed by atoms with Crippen molar-refractivity contribution in [3.63, 3.8) is 0 Å². The lowest BCUT2D eigenvalue weighted by molar-refractivity contribution is -0.122. The fourth-order valence-corrected chi connectivity index (χ4v) is 2.02. The summed E-state index contributed by atoms with van der Waals surface area (Å²) in [5, 5.41) is 5.93. The molecule has 1 rings (SSSR count). The van der Waals surface area contributed by atoms with Crippen LogP contribution in [0.4, 0.5) is 0 Å². The van der Waals surface area contributed by atoms with Gasteiger partial charge in [0.2, 0.25) is 5.91 Å². The van der Waals surface area contributed by atoms with Gasteiger partial charge in [-0.25, -0.2) is 0 Å². The Morgan fingerprint density at radius 1 is 1.77 bits per heavy atom. The molecule has 0 aromatic rings. The number of carbonyl (C=O) groups is 1. The van der Waals surface area contributed by atoms with Crippen LogP contribution in [0, 0.1) is 0 Å². The van der Waals surface area contributed by atoms with E-state index in [9.17, 15) is 4.79 Å². The lowest BCUT2D eigenvalue weighted by Crippen LogP contribution is -2.43. The maximum Gasteiger partial charge on any atom is 0.238 e. The van der Waals surface area contributed by atoms with E-state index in [0.29, 0.717) is 19.8 Å². The second-order valence-electron chi connectivity index (χ2n) is 2.76. The van der Waals surface area contributed by atoms with Crippen molar-refractivity contribution in [2.75, 3.05) is 31.4 Å². The zero-order valence-corrected chi connectivity index (χ0v) is 8.65. The van der Waals surface area contributed by atoms with Crippen LogP contribution in [0.15, 0.2) is 0 Å². The van der Waals surface area contributed by atoms with Crippen LogP contribution in [-0.4, -0.2) is 43.3 Å². The number of rotatable bonds is 5. The van der Waals surface area contributed by atoms with Gasteiger partial charge in [-0.05, 0) is 6.92 Å². The molecule has 4 nitrogen and oxygen atoms in total. The zero-order valence-electron chi connectivity index (χ0n) is 7.84. The highest BCUT2D eigenvalue weighted by atomic mass is 32.2. The van der Waals surface area contributed by atoms with Gasteiger partial charge in [0.05, 0.1) is 12.6 Å². The van der Waals surface area contributed by atoms with Crippen molar-refractivity contribution in [3.8, 4) is 0 Å². The summed E-state index contributed by atoms with van der Waals surface area (Å²) in [6.45, 7) is 3.85. The van der Waals surface area contributed by atoms with Crippen molar-refractivity contribution in [3.05, 3.63) is 0 Å². The molecule has 1 saturated heterocycles. The quantitative estimate of drug-likeness (QED) is 0.609. The predicted molar refractivity (Wildman–Crippen MR) is 53.8 cm³/mol. The monoisotopic (exact) mass is 204 g/mol. The van der Waals surface area contributed by atoms with Crippen LogP contribution in [0.1, 0.15) is 6.92 Å². The third-order valence-electron chi connectivity index (χ3n) is 1.78. The Balaban J connectivity index is 2.03. The van der Waals surface area contributed by atoms with Crippen LogP contribution in [0.25, 0.3) is 0 Å². The third kappa shape index (κ3) is 3.97. The second-order valence-corrected chi connectivity index (χ2v) is 3.79. The summed E-state index contributed by atoms with van der Waals surface area (Å²) in [6.07, 6.45) is 0. The summed E-state index contributed by atoms with van der Waals surface area (Å²) in [4.78, 5) is 11.4. The maximum atomic E-state index is 11.4. The molecule has 0 bridgehead atoms. The fourth-order valence-electron chi connectivity index (χ4n) is 1.08. The van der Waals surface area contributed by atoms with E-state index < -0.39 is 0 Å². The van der Waals surface area contributed by atoms with Gasteiger partial charge in [-0.1, -0.05) is 0 Å². The normalized spacial score (nSPS) is 21.8. The van der Waals surface area contributed by atoms with Gasteiger partial charge < -0.3 is 10.1 Å².